The van der Waals surface area contributed by atoms with Crippen molar-refractivity contribution in [1.82, 2.24) is 19.2 Å². The molecule has 338 valence electrons. The van der Waals surface area contributed by atoms with E-state index in [0.29, 0.717) is 0 Å². The number of benzene rings is 2. The Morgan fingerprint density at radius 3 is 1.39 bits per heavy atom. The summed E-state index contributed by atoms with van der Waals surface area (Å²) >= 11 is 12.4. The van der Waals surface area contributed by atoms with Gasteiger partial charge in [-0.05, 0) is 35.1 Å². The number of aromatic hydroxyl groups is 2. The minimum absolute atomic E-state index is 0.252. The molecule has 20 nitrogen and oxygen atoms in total. The number of likely N-dealkylation sites (N-methyl/N-ethyl adjacent to an activating group) is 2. The Morgan fingerprint density at radius 2 is 1.02 bits per heavy atom. The Morgan fingerprint density at radius 1 is 0.645 bits per heavy atom. The predicted molar refractivity (Wildman–Crippen MR) is 237 cm³/mol. The van der Waals surface area contributed by atoms with Crippen LogP contribution >= 0.6 is 23.2 Å². The van der Waals surface area contributed by atoms with Crippen LogP contribution in [0.3, 0.4) is 0 Å². The largest absolute Gasteiger partial charge is 0.504 e. The highest BCUT2D eigenvalue weighted by molar-refractivity contribution is 7.89. The summed E-state index contributed by atoms with van der Waals surface area (Å²) in [5.41, 5.74) is -7.54. The number of carbonyl (C=O) groups excluding carboxylic acids is 2. The van der Waals surface area contributed by atoms with Gasteiger partial charge in [-0.2, -0.15) is 4.31 Å². The molecule has 4 aromatic carbocycles. The van der Waals surface area contributed by atoms with E-state index in [0.717, 1.165) is 27.8 Å². The highest BCUT2D eigenvalue weighted by Crippen LogP contribution is 2.41. The van der Waals surface area contributed by atoms with Gasteiger partial charge in [0.05, 0.1) is 21.4 Å². The molecule has 4 aromatic rings. The maximum Gasteiger partial charge on any atom is 0.253 e. The van der Waals surface area contributed by atoms with Crippen LogP contribution in [0.15, 0.2) is 53.2 Å². The molecule has 0 radical (unpaired) electrons. The lowest BCUT2D eigenvalue weighted by atomic mass is 9.85. The molecule has 8 N–H and O–H groups in total. The fraction of sp³-hybridized carbons (Fsp3) is 0.421. The van der Waals surface area contributed by atoms with Crippen molar-refractivity contribution in [3.05, 3.63) is 75.2 Å². The van der Waals surface area contributed by atoms with Crippen LogP contribution in [0.25, 0.3) is 0 Å². The van der Waals surface area contributed by atoms with E-state index in [1.807, 2.05) is 0 Å². The predicted octanol–water partition coefficient (Wildman–Crippen LogP) is 2.17. The van der Waals surface area contributed by atoms with Gasteiger partial charge in [0.25, 0.3) is 21.7 Å². The van der Waals surface area contributed by atoms with Crippen molar-refractivity contribution in [2.24, 2.45) is 10.8 Å². The number of hydrogen-bond acceptors (Lipinski definition) is 16. The lowest BCUT2D eigenvalue weighted by molar-refractivity contribution is -0.124. The maximum atomic E-state index is 13.8. The molecular formula is C38H48Cl2N8O12S2. The van der Waals surface area contributed by atoms with Crippen molar-refractivity contribution in [2.75, 3.05) is 62.5 Å². The summed E-state index contributed by atoms with van der Waals surface area (Å²) in [6.45, 7) is 9.40. The van der Waals surface area contributed by atoms with Crippen molar-refractivity contribution in [3.8, 4) is 11.5 Å². The zero-order chi connectivity index (χ0) is 47.2. The number of phenolic OH excluding ortho intramolecular Hbond substituents is 2. The quantitative estimate of drug-likeness (QED) is 0.0556. The van der Waals surface area contributed by atoms with Crippen LogP contribution in [0, 0.1) is 10.8 Å². The van der Waals surface area contributed by atoms with Gasteiger partial charge in [0.15, 0.2) is 11.5 Å². The smallest absolute Gasteiger partial charge is 0.253 e. The Kier molecular flexibility index (Phi) is 14.2. The van der Waals surface area contributed by atoms with Gasteiger partial charge >= 0.3 is 0 Å². The fourth-order valence-electron chi connectivity index (χ4n) is 6.03. The number of halogens is 2. The molecule has 0 spiro atoms. The molecule has 4 rings (SSSR count). The lowest BCUT2D eigenvalue weighted by Crippen LogP contribution is -2.51. The maximum absolute atomic E-state index is 13.8. The zero-order valence-corrected chi connectivity index (χ0v) is 38.5. The number of rotatable bonds is 17. The molecule has 62 heavy (non-hydrogen) atoms. The summed E-state index contributed by atoms with van der Waals surface area (Å²) in [6.07, 6.45) is 0. The third kappa shape index (κ3) is 9.54. The molecule has 0 aliphatic carbocycles. The summed E-state index contributed by atoms with van der Waals surface area (Å²) < 4.78 is 54.9. The van der Waals surface area contributed by atoms with Crippen molar-refractivity contribution in [3.63, 3.8) is 0 Å². The molecular weight excluding hydrogens is 896 g/mol. The molecule has 0 aliphatic heterocycles. The molecule has 0 bridgehead atoms. The first-order chi connectivity index (χ1) is 28.4. The van der Waals surface area contributed by atoms with Gasteiger partial charge in [-0.25, -0.2) is 21.1 Å². The van der Waals surface area contributed by atoms with Gasteiger partial charge in [0, 0.05) is 41.3 Å². The summed E-state index contributed by atoms with van der Waals surface area (Å²) in [5.74, 6) is -2.93. The topological polar surface area (TPSA) is 290 Å². The first-order valence-electron chi connectivity index (χ1n) is 18.6. The minimum Gasteiger partial charge on any atom is -0.504 e. The minimum atomic E-state index is -4.63. The van der Waals surface area contributed by atoms with E-state index in [4.69, 9.17) is 23.2 Å². The number of phenols is 2. The Bertz CT molecular complexity index is 2800. The number of nitrogens with one attached hydrogen (secondary N) is 6. The standard InChI is InChI=1S/C38H48Cl2N8O12S2/c1-37(2,3)33(35(55)41-7)45-23-21(27(51)29(23)53)44-20-14-12-18(40)32(26(20)50)62(59,60)48(10)16-15-42-36(56)34(38(4,5)6)46-24-22(28(52)30(24)54)43-19-13-11-17(39)31(25(19)49)61(57,58)47(8)9/h11-14,33-34,43-46,49-50H,15-16H2,1-10H3,(H,41,55)(H,42,56)/t33?,34-/m0/s1. The highest BCUT2D eigenvalue weighted by Gasteiger charge is 2.38. The van der Waals surface area contributed by atoms with Crippen LogP contribution in [-0.2, 0) is 29.6 Å². The van der Waals surface area contributed by atoms with E-state index < -0.39 is 103 Å². The number of carbonyl (C=O) groups is 2. The second-order valence-corrected chi connectivity index (χ2v) is 21.4. The van der Waals surface area contributed by atoms with E-state index in [1.54, 1.807) is 41.5 Å². The molecule has 0 fully saturated rings. The van der Waals surface area contributed by atoms with Gasteiger partial charge < -0.3 is 42.1 Å². The summed E-state index contributed by atoms with van der Waals surface area (Å²) in [6, 6.07) is 2.47. The van der Waals surface area contributed by atoms with Crippen LogP contribution in [-0.4, -0.2) is 101 Å². The van der Waals surface area contributed by atoms with Crippen molar-refractivity contribution >= 4 is 89.2 Å². The van der Waals surface area contributed by atoms with Gasteiger partial charge in [0.2, 0.25) is 31.9 Å². The van der Waals surface area contributed by atoms with Gasteiger partial charge in [-0.1, -0.05) is 64.7 Å². The van der Waals surface area contributed by atoms with E-state index in [-0.39, 0.29) is 52.2 Å². The van der Waals surface area contributed by atoms with Gasteiger partial charge in [0.1, 0.15) is 44.6 Å². The Hall–Kier alpha value is -5.26. The first-order valence-corrected chi connectivity index (χ1v) is 22.2. The molecule has 0 saturated heterocycles. The monoisotopic (exact) mass is 942 g/mol. The molecule has 2 atom stereocenters. The summed E-state index contributed by atoms with van der Waals surface area (Å²) in [7, 11) is -3.91. The lowest BCUT2D eigenvalue weighted by Gasteiger charge is -2.32. The van der Waals surface area contributed by atoms with E-state index in [1.165, 1.54) is 33.3 Å². The molecule has 1 unspecified atom stereocenters. The van der Waals surface area contributed by atoms with Gasteiger partial charge in [-0.3, -0.25) is 28.8 Å². The third-order valence-corrected chi connectivity index (χ3v) is 14.4. The molecule has 0 heterocycles. The normalized spacial score (nSPS) is 13.6. The van der Waals surface area contributed by atoms with Crippen molar-refractivity contribution < 1.29 is 36.6 Å². The second kappa shape index (κ2) is 17.8. The SMILES string of the molecule is CNC(=O)C(Nc1c(Nc2ccc(Cl)c(S(=O)(=O)N(C)CCNC(=O)[C@H](Nc3c(Nc4ccc(Cl)c(S(=O)(=O)N(C)C)c4O)c(=O)c3=O)C(C)(C)C)c2O)c(=O)c1=O)C(C)(C)C. The first kappa shape index (κ1) is 49.4. The summed E-state index contributed by atoms with van der Waals surface area (Å²) in [4.78, 5) is 75.5. The van der Waals surface area contributed by atoms with Crippen molar-refractivity contribution in [1.29, 1.82) is 0 Å². The summed E-state index contributed by atoms with van der Waals surface area (Å²) in [5, 5.41) is 37.1. The Labute approximate surface area is 367 Å². The second-order valence-electron chi connectivity index (χ2n) is 16.5. The van der Waals surface area contributed by atoms with Crippen LogP contribution in [0.5, 0.6) is 11.5 Å². The van der Waals surface area contributed by atoms with E-state index in [9.17, 15) is 55.8 Å². The van der Waals surface area contributed by atoms with E-state index >= 15 is 0 Å². The number of anilines is 6. The highest BCUT2D eigenvalue weighted by atomic mass is 35.5. The average Bonchev–Trinajstić information content (AvgIpc) is 3.16. The molecule has 0 aromatic heterocycles. The van der Waals surface area contributed by atoms with Crippen molar-refractivity contribution in [2.45, 2.75) is 63.4 Å². The fourth-order valence-corrected chi connectivity index (χ4v) is 9.27. The molecule has 24 heteroatoms. The van der Waals surface area contributed by atoms with Gasteiger partial charge in [-0.15, -0.1) is 0 Å². The average molecular weight is 944 g/mol. The van der Waals surface area contributed by atoms with E-state index in [2.05, 4.69) is 31.9 Å². The van der Waals surface area contributed by atoms with Crippen LogP contribution < -0.4 is 53.6 Å². The third-order valence-electron chi connectivity index (χ3n) is 9.72. The zero-order valence-electron chi connectivity index (χ0n) is 35.3. The molecule has 0 saturated carbocycles. The van der Waals surface area contributed by atoms with Crippen LogP contribution in [0.1, 0.15) is 41.5 Å². The molecule has 0 aliphatic rings. The number of amides is 2. The number of hydrogen-bond donors (Lipinski definition) is 8. The van der Waals surface area contributed by atoms with Crippen LogP contribution in [0.4, 0.5) is 34.1 Å². The van der Waals surface area contributed by atoms with Crippen LogP contribution in [0.2, 0.25) is 10.0 Å². The number of sulfonamides is 2. The molecule has 2 amide bonds. The number of nitrogens with zero attached hydrogens (tertiary/aromatic N) is 2. The Balaban J connectivity index is 1.52.